The van der Waals surface area contributed by atoms with Gasteiger partial charge >= 0.3 is 0 Å². The van der Waals surface area contributed by atoms with Crippen LogP contribution in [0.15, 0.2) is 16.7 Å². The van der Waals surface area contributed by atoms with Gasteiger partial charge in [0.25, 0.3) is 0 Å². The molecule has 0 aromatic carbocycles. The van der Waals surface area contributed by atoms with Gasteiger partial charge in [0, 0.05) is 18.7 Å². The molecule has 1 aliphatic carbocycles. The minimum Gasteiger partial charge on any atom is -0.468 e. The number of hydrogen-bond donors (Lipinski definition) is 1. The lowest BCUT2D eigenvalue weighted by atomic mass is 10.2. The van der Waals surface area contributed by atoms with E-state index in [1.165, 1.54) is 18.5 Å². The molecule has 1 fully saturated rings. The van der Waals surface area contributed by atoms with Crippen LogP contribution in [-0.2, 0) is 13.1 Å². The van der Waals surface area contributed by atoms with Crippen molar-refractivity contribution >= 4 is 0 Å². The third kappa shape index (κ3) is 5.00. The first-order valence-electron chi connectivity index (χ1n) is 7.50. The van der Waals surface area contributed by atoms with Gasteiger partial charge in [-0.05, 0) is 43.8 Å². The van der Waals surface area contributed by atoms with E-state index in [9.17, 15) is 0 Å². The highest BCUT2D eigenvalue weighted by molar-refractivity contribution is 5.12. The molecule has 3 heteroatoms. The molecule has 0 amide bonds. The number of nitrogens with one attached hydrogen (secondary N) is 1. The Hall–Kier alpha value is -0.800. The van der Waals surface area contributed by atoms with Crippen LogP contribution in [0.4, 0.5) is 0 Å². The summed E-state index contributed by atoms with van der Waals surface area (Å²) in [6, 6.07) is 2.18. The van der Waals surface area contributed by atoms with Crippen LogP contribution in [0.25, 0.3) is 0 Å². The smallest absolute Gasteiger partial charge is 0.118 e. The molecule has 3 nitrogen and oxygen atoms in total. The largest absolute Gasteiger partial charge is 0.468 e. The average Bonchev–Trinajstić information content (AvgIpc) is 2.83. The Morgan fingerprint density at radius 3 is 2.84 bits per heavy atom. The molecule has 2 atom stereocenters. The van der Waals surface area contributed by atoms with E-state index < -0.39 is 0 Å². The molecule has 19 heavy (non-hydrogen) atoms. The monoisotopic (exact) mass is 264 g/mol. The molecule has 2 unspecified atom stereocenters. The van der Waals surface area contributed by atoms with E-state index in [4.69, 9.17) is 4.42 Å². The maximum Gasteiger partial charge on any atom is 0.118 e. The zero-order chi connectivity index (χ0) is 13.8. The van der Waals surface area contributed by atoms with E-state index in [-0.39, 0.29) is 0 Å². The van der Waals surface area contributed by atoms with Crippen molar-refractivity contribution in [1.82, 2.24) is 10.2 Å². The van der Waals surface area contributed by atoms with Crippen molar-refractivity contribution in [3.63, 3.8) is 0 Å². The predicted octanol–water partition coefficient (Wildman–Crippen LogP) is 3.11. The van der Waals surface area contributed by atoms with Crippen molar-refractivity contribution in [1.29, 1.82) is 0 Å². The SMILES string of the molecule is CC(C)CNCc1coc(CN(C)CC2CC2C)c1. The lowest BCUT2D eigenvalue weighted by Crippen LogP contribution is -2.20. The molecule has 2 rings (SSSR count). The van der Waals surface area contributed by atoms with Gasteiger partial charge in [-0.3, -0.25) is 4.90 Å². The van der Waals surface area contributed by atoms with E-state index in [1.54, 1.807) is 0 Å². The van der Waals surface area contributed by atoms with Gasteiger partial charge in [-0.1, -0.05) is 20.8 Å². The molecule has 1 aromatic heterocycles. The molecule has 0 aliphatic heterocycles. The molecule has 0 bridgehead atoms. The Morgan fingerprint density at radius 2 is 2.21 bits per heavy atom. The first-order valence-corrected chi connectivity index (χ1v) is 7.50. The fourth-order valence-electron chi connectivity index (χ4n) is 2.49. The molecule has 108 valence electrons. The predicted molar refractivity (Wildman–Crippen MR) is 78.9 cm³/mol. The maximum atomic E-state index is 5.64. The van der Waals surface area contributed by atoms with Crippen molar-refractivity contribution in [2.24, 2.45) is 17.8 Å². The van der Waals surface area contributed by atoms with Gasteiger partial charge in [-0.15, -0.1) is 0 Å². The Labute approximate surface area is 117 Å². The zero-order valence-corrected chi connectivity index (χ0v) is 12.8. The Morgan fingerprint density at radius 1 is 1.47 bits per heavy atom. The minimum absolute atomic E-state index is 0.693. The van der Waals surface area contributed by atoms with Gasteiger partial charge in [-0.2, -0.15) is 0 Å². The fourth-order valence-corrected chi connectivity index (χ4v) is 2.49. The number of rotatable bonds is 8. The standard InChI is InChI=1S/C16H28N2O/c1-12(2)7-17-8-14-6-16(19-11-14)10-18(4)9-15-5-13(15)3/h6,11-13,15,17H,5,7-10H2,1-4H3. The van der Waals surface area contributed by atoms with Crippen LogP contribution in [0.1, 0.15) is 38.5 Å². The van der Waals surface area contributed by atoms with Gasteiger partial charge in [0.05, 0.1) is 12.8 Å². The van der Waals surface area contributed by atoms with Crippen LogP contribution >= 0.6 is 0 Å². The molecule has 1 heterocycles. The second-order valence-corrected chi connectivity index (χ2v) is 6.62. The van der Waals surface area contributed by atoms with Crippen LogP contribution in [0.5, 0.6) is 0 Å². The lowest BCUT2D eigenvalue weighted by Gasteiger charge is -2.14. The van der Waals surface area contributed by atoms with Gasteiger partial charge in [0.2, 0.25) is 0 Å². The first kappa shape index (κ1) is 14.6. The third-order valence-electron chi connectivity index (χ3n) is 3.84. The summed E-state index contributed by atoms with van der Waals surface area (Å²) in [4.78, 5) is 2.37. The average molecular weight is 264 g/mol. The van der Waals surface area contributed by atoms with Crippen LogP contribution in [0.3, 0.4) is 0 Å². The normalized spacial score (nSPS) is 22.4. The quantitative estimate of drug-likeness (QED) is 0.782. The fraction of sp³-hybridized carbons (Fsp3) is 0.750. The molecular weight excluding hydrogens is 236 g/mol. The molecule has 1 aliphatic rings. The number of furan rings is 1. The second kappa shape index (κ2) is 6.58. The maximum absolute atomic E-state index is 5.64. The number of hydrogen-bond acceptors (Lipinski definition) is 3. The van der Waals surface area contributed by atoms with Crippen molar-refractivity contribution in [2.45, 2.75) is 40.3 Å². The highest BCUT2D eigenvalue weighted by Crippen LogP contribution is 2.38. The van der Waals surface area contributed by atoms with E-state index in [0.29, 0.717) is 5.92 Å². The molecule has 0 spiro atoms. The molecular formula is C16H28N2O. The topological polar surface area (TPSA) is 28.4 Å². The van der Waals surface area contributed by atoms with Crippen molar-refractivity contribution < 1.29 is 4.42 Å². The summed E-state index contributed by atoms with van der Waals surface area (Å²) in [5, 5.41) is 3.44. The van der Waals surface area contributed by atoms with Crippen molar-refractivity contribution in [3.8, 4) is 0 Å². The highest BCUT2D eigenvalue weighted by atomic mass is 16.3. The molecule has 1 saturated carbocycles. The summed E-state index contributed by atoms with van der Waals surface area (Å²) >= 11 is 0. The molecule has 0 saturated heterocycles. The molecule has 1 aromatic rings. The van der Waals surface area contributed by atoms with E-state index >= 15 is 0 Å². The summed E-state index contributed by atoms with van der Waals surface area (Å²) < 4.78 is 5.64. The van der Waals surface area contributed by atoms with Gasteiger partial charge < -0.3 is 9.73 Å². The second-order valence-electron chi connectivity index (χ2n) is 6.62. The van der Waals surface area contributed by atoms with Gasteiger partial charge in [0.1, 0.15) is 5.76 Å². The molecule has 0 radical (unpaired) electrons. The van der Waals surface area contributed by atoms with Crippen LogP contribution in [0.2, 0.25) is 0 Å². The van der Waals surface area contributed by atoms with Gasteiger partial charge in [-0.25, -0.2) is 0 Å². The molecule has 1 N–H and O–H groups in total. The highest BCUT2D eigenvalue weighted by Gasteiger charge is 2.33. The minimum atomic E-state index is 0.693. The van der Waals surface area contributed by atoms with Crippen LogP contribution in [-0.4, -0.2) is 25.0 Å². The summed E-state index contributed by atoms with van der Waals surface area (Å²) in [6.07, 6.45) is 3.28. The summed E-state index contributed by atoms with van der Waals surface area (Å²) in [7, 11) is 2.18. The Balaban J connectivity index is 1.70. The van der Waals surface area contributed by atoms with Crippen molar-refractivity contribution in [2.75, 3.05) is 20.1 Å². The van der Waals surface area contributed by atoms with Crippen molar-refractivity contribution in [3.05, 3.63) is 23.7 Å². The van der Waals surface area contributed by atoms with Crippen LogP contribution < -0.4 is 5.32 Å². The Bertz CT molecular complexity index is 386. The first-order chi connectivity index (χ1) is 9.04. The van der Waals surface area contributed by atoms with Gasteiger partial charge in [0.15, 0.2) is 0 Å². The van der Waals surface area contributed by atoms with E-state index in [2.05, 4.69) is 44.1 Å². The third-order valence-corrected chi connectivity index (χ3v) is 3.84. The van der Waals surface area contributed by atoms with Crippen LogP contribution in [0, 0.1) is 17.8 Å². The summed E-state index contributed by atoms with van der Waals surface area (Å²) in [5.74, 6) is 3.61. The number of nitrogens with zero attached hydrogens (tertiary/aromatic N) is 1. The zero-order valence-electron chi connectivity index (χ0n) is 12.8. The summed E-state index contributed by atoms with van der Waals surface area (Å²) in [6.45, 7) is 10.9. The summed E-state index contributed by atoms with van der Waals surface area (Å²) in [5.41, 5.74) is 1.25. The van der Waals surface area contributed by atoms with E-state index in [0.717, 1.165) is 37.2 Å². The Kier molecular flexibility index (Phi) is 5.06. The van der Waals surface area contributed by atoms with E-state index in [1.807, 2.05) is 6.26 Å². The lowest BCUT2D eigenvalue weighted by molar-refractivity contribution is 0.280.